The molecule has 0 atom stereocenters. The molecule has 21 heavy (non-hydrogen) atoms. The van der Waals surface area contributed by atoms with Crippen LogP contribution in [0.4, 0.5) is 10.1 Å². The summed E-state index contributed by atoms with van der Waals surface area (Å²) in [6.07, 6.45) is 0. The molecule has 0 N–H and O–H groups in total. The van der Waals surface area contributed by atoms with Gasteiger partial charge < -0.3 is 0 Å². The minimum Gasteiger partial charge on any atom is -0.266 e. The first-order valence-corrected chi connectivity index (χ1v) is 8.24. The van der Waals surface area contributed by atoms with Crippen molar-refractivity contribution >= 4 is 27.3 Å². The average molecular weight is 328 g/mol. The zero-order valence-corrected chi connectivity index (χ0v) is 13.2. The number of halogens is 2. The third-order valence-electron chi connectivity index (χ3n) is 3.31. The van der Waals surface area contributed by atoms with Crippen LogP contribution in [0.1, 0.15) is 11.1 Å². The molecule has 0 bridgehead atoms. The third kappa shape index (κ3) is 3.04. The van der Waals surface area contributed by atoms with Crippen LogP contribution in [0.3, 0.4) is 0 Å². The van der Waals surface area contributed by atoms with Gasteiger partial charge in [0.2, 0.25) is 0 Å². The van der Waals surface area contributed by atoms with E-state index in [2.05, 4.69) is 0 Å². The summed E-state index contributed by atoms with van der Waals surface area (Å²) in [6, 6.07) is 10.5. The fourth-order valence-electron chi connectivity index (χ4n) is 1.95. The summed E-state index contributed by atoms with van der Waals surface area (Å²) in [5, 5.41) is 0. The van der Waals surface area contributed by atoms with Crippen molar-refractivity contribution < 1.29 is 12.8 Å². The van der Waals surface area contributed by atoms with E-state index in [1.807, 2.05) is 6.92 Å². The normalized spacial score (nSPS) is 11.4. The lowest BCUT2D eigenvalue weighted by Crippen LogP contribution is -2.27. The van der Waals surface area contributed by atoms with Crippen molar-refractivity contribution in [1.29, 1.82) is 0 Å². The van der Waals surface area contributed by atoms with Gasteiger partial charge in [-0.3, -0.25) is 4.31 Å². The maximum Gasteiger partial charge on any atom is 0.264 e. The van der Waals surface area contributed by atoms with E-state index in [1.165, 1.54) is 37.4 Å². The number of nitrogens with zero attached hydrogens (tertiary/aromatic N) is 1. The van der Waals surface area contributed by atoms with E-state index in [9.17, 15) is 12.8 Å². The van der Waals surface area contributed by atoms with Crippen LogP contribution in [0.15, 0.2) is 47.4 Å². The molecule has 0 saturated heterocycles. The second-order valence-corrected chi connectivity index (χ2v) is 6.88. The van der Waals surface area contributed by atoms with Crippen molar-refractivity contribution in [3.05, 3.63) is 59.4 Å². The minimum atomic E-state index is -3.83. The maximum atomic E-state index is 13.8. The van der Waals surface area contributed by atoms with Gasteiger partial charge in [-0.2, -0.15) is 0 Å². The highest BCUT2D eigenvalue weighted by Crippen LogP contribution is 2.26. The predicted molar refractivity (Wildman–Crippen MR) is 82.7 cm³/mol. The van der Waals surface area contributed by atoms with Crippen LogP contribution >= 0.6 is 11.6 Å². The second kappa shape index (κ2) is 6.03. The van der Waals surface area contributed by atoms with Gasteiger partial charge in [0, 0.05) is 12.9 Å². The summed E-state index contributed by atoms with van der Waals surface area (Å²) in [5.41, 5.74) is 1.66. The van der Waals surface area contributed by atoms with Crippen LogP contribution in [-0.2, 0) is 15.9 Å². The summed E-state index contributed by atoms with van der Waals surface area (Å²) in [6.45, 7) is 1.86. The molecule has 0 heterocycles. The number of hydrogen-bond acceptors (Lipinski definition) is 2. The Kier molecular flexibility index (Phi) is 4.54. The molecule has 0 saturated carbocycles. The van der Waals surface area contributed by atoms with Gasteiger partial charge >= 0.3 is 0 Å². The zero-order valence-electron chi connectivity index (χ0n) is 11.7. The molecule has 0 unspecified atom stereocenters. The van der Waals surface area contributed by atoms with E-state index in [1.54, 1.807) is 12.1 Å². The molecule has 0 aliphatic carbocycles. The molecule has 2 aromatic rings. The van der Waals surface area contributed by atoms with Gasteiger partial charge in [-0.05, 0) is 42.3 Å². The van der Waals surface area contributed by atoms with Crippen LogP contribution in [-0.4, -0.2) is 15.5 Å². The molecule has 0 fully saturated rings. The fourth-order valence-corrected chi connectivity index (χ4v) is 3.49. The van der Waals surface area contributed by atoms with Crippen LogP contribution in [0, 0.1) is 12.7 Å². The molecular formula is C15H15ClFNO2S. The Labute approximate surface area is 129 Å². The molecule has 0 radical (unpaired) electrons. The van der Waals surface area contributed by atoms with Crippen LogP contribution < -0.4 is 4.31 Å². The molecular weight excluding hydrogens is 313 g/mol. The lowest BCUT2D eigenvalue weighted by molar-refractivity contribution is 0.589. The Morgan fingerprint density at radius 3 is 2.48 bits per heavy atom. The van der Waals surface area contributed by atoms with Crippen LogP contribution in [0.2, 0.25) is 0 Å². The van der Waals surface area contributed by atoms with Gasteiger partial charge in [-0.1, -0.05) is 18.2 Å². The van der Waals surface area contributed by atoms with Gasteiger partial charge in [-0.25, -0.2) is 12.8 Å². The minimum absolute atomic E-state index is 0.00509. The molecule has 2 rings (SSSR count). The Balaban J connectivity index is 2.49. The summed E-state index contributed by atoms with van der Waals surface area (Å²) < 4.78 is 39.9. The number of hydrogen-bond donors (Lipinski definition) is 0. The molecule has 0 aliphatic heterocycles. The quantitative estimate of drug-likeness (QED) is 0.803. The first-order valence-electron chi connectivity index (χ1n) is 6.27. The number of rotatable bonds is 4. The highest BCUT2D eigenvalue weighted by atomic mass is 35.5. The summed E-state index contributed by atoms with van der Waals surface area (Å²) in [4.78, 5) is 0.0921. The molecule has 3 nitrogen and oxygen atoms in total. The van der Waals surface area contributed by atoms with Gasteiger partial charge in [0.05, 0.1) is 10.6 Å². The maximum absolute atomic E-state index is 13.8. The first-order chi connectivity index (χ1) is 9.87. The first kappa shape index (κ1) is 15.8. The number of alkyl halides is 1. The van der Waals surface area contributed by atoms with E-state index in [-0.39, 0.29) is 16.5 Å². The summed E-state index contributed by atoms with van der Waals surface area (Å²) >= 11 is 5.81. The van der Waals surface area contributed by atoms with Gasteiger partial charge in [-0.15, -0.1) is 11.6 Å². The van der Waals surface area contributed by atoms with E-state index >= 15 is 0 Å². The lowest BCUT2D eigenvalue weighted by Gasteiger charge is -2.20. The molecule has 0 spiro atoms. The smallest absolute Gasteiger partial charge is 0.264 e. The highest BCUT2D eigenvalue weighted by Gasteiger charge is 2.23. The van der Waals surface area contributed by atoms with Crippen molar-refractivity contribution in [2.24, 2.45) is 0 Å². The fraction of sp³-hybridized carbons (Fsp3) is 0.200. The molecule has 6 heteroatoms. The van der Waals surface area contributed by atoms with Crippen molar-refractivity contribution in [3.63, 3.8) is 0 Å². The number of benzene rings is 2. The number of anilines is 1. The second-order valence-electron chi connectivity index (χ2n) is 4.65. The van der Waals surface area contributed by atoms with E-state index in [0.29, 0.717) is 0 Å². The van der Waals surface area contributed by atoms with Crippen molar-refractivity contribution in [2.75, 3.05) is 11.4 Å². The largest absolute Gasteiger partial charge is 0.266 e. The van der Waals surface area contributed by atoms with Gasteiger partial charge in [0.1, 0.15) is 5.82 Å². The topological polar surface area (TPSA) is 37.4 Å². The lowest BCUT2D eigenvalue weighted by atomic mass is 10.1. The van der Waals surface area contributed by atoms with E-state index in [0.717, 1.165) is 15.4 Å². The van der Waals surface area contributed by atoms with Crippen LogP contribution in [0.25, 0.3) is 0 Å². The van der Waals surface area contributed by atoms with Crippen molar-refractivity contribution in [2.45, 2.75) is 17.7 Å². The molecule has 0 aliphatic rings. The van der Waals surface area contributed by atoms with Gasteiger partial charge in [0.25, 0.3) is 10.0 Å². The monoisotopic (exact) mass is 327 g/mol. The predicted octanol–water partition coefficient (Wildman–Crippen LogP) is 3.70. The molecule has 2 aromatic carbocycles. The van der Waals surface area contributed by atoms with Crippen molar-refractivity contribution in [3.8, 4) is 0 Å². The Hall–Kier alpha value is -1.59. The average Bonchev–Trinajstić information content (AvgIpc) is 2.47. The highest BCUT2D eigenvalue weighted by molar-refractivity contribution is 7.92. The van der Waals surface area contributed by atoms with Crippen molar-refractivity contribution in [1.82, 2.24) is 0 Å². The van der Waals surface area contributed by atoms with E-state index < -0.39 is 15.8 Å². The number of sulfonamides is 1. The number of para-hydroxylation sites is 1. The Bertz CT molecular complexity index is 762. The number of aryl methyl sites for hydroxylation is 1. The zero-order chi connectivity index (χ0) is 15.6. The SMILES string of the molecule is Cc1ccc(S(=O)(=O)N(C)c2ccccc2F)cc1CCl. The third-order valence-corrected chi connectivity index (χ3v) is 5.37. The molecule has 112 valence electrons. The molecule has 0 amide bonds. The summed E-state index contributed by atoms with van der Waals surface area (Å²) in [5.74, 6) is -0.369. The Morgan fingerprint density at radius 1 is 1.19 bits per heavy atom. The van der Waals surface area contributed by atoms with Gasteiger partial charge in [0.15, 0.2) is 0 Å². The Morgan fingerprint density at radius 2 is 1.86 bits per heavy atom. The molecule has 0 aromatic heterocycles. The standard InChI is InChI=1S/C15H15ClFNO2S/c1-11-7-8-13(9-12(11)10-16)21(19,20)18(2)15-6-4-3-5-14(15)17/h3-9H,10H2,1-2H3. The summed E-state index contributed by atoms with van der Waals surface area (Å²) in [7, 11) is -2.50. The van der Waals surface area contributed by atoms with Crippen LogP contribution in [0.5, 0.6) is 0 Å². The van der Waals surface area contributed by atoms with E-state index in [4.69, 9.17) is 11.6 Å².